The third kappa shape index (κ3) is 4.58. The lowest BCUT2D eigenvalue weighted by Crippen LogP contribution is -1.93. The minimum atomic E-state index is 0.125. The van der Waals surface area contributed by atoms with Crippen LogP contribution in [0.2, 0.25) is 0 Å². The van der Waals surface area contributed by atoms with Gasteiger partial charge in [0.25, 0.3) is 0 Å². The van der Waals surface area contributed by atoms with Gasteiger partial charge < -0.3 is 11.5 Å². The Labute approximate surface area is 59.6 Å². The summed E-state index contributed by atoms with van der Waals surface area (Å²) in [6.45, 7) is 6.71. The van der Waals surface area contributed by atoms with Crippen LogP contribution in [-0.4, -0.2) is 0 Å². The molecule has 4 nitrogen and oxygen atoms in total. The minimum absolute atomic E-state index is 0.125. The van der Waals surface area contributed by atoms with Crippen LogP contribution < -0.4 is 11.5 Å². The van der Waals surface area contributed by atoms with E-state index in [1.54, 1.807) is 0 Å². The maximum Gasteiger partial charge on any atom is 0.146 e. The third-order valence-electron chi connectivity index (χ3n) is 0.583. The molecule has 0 radical (unpaired) electrons. The number of hydrogen-bond donors (Lipinski definition) is 2. The van der Waals surface area contributed by atoms with Crippen LogP contribution in [0.1, 0.15) is 0 Å². The second kappa shape index (κ2) is 4.31. The van der Waals surface area contributed by atoms with Crippen LogP contribution in [0.25, 0.3) is 0 Å². The third-order valence-corrected chi connectivity index (χ3v) is 0.583. The van der Waals surface area contributed by atoms with Crippen LogP contribution in [0, 0.1) is 0 Å². The number of azo groups is 1. The fourth-order valence-electron chi connectivity index (χ4n) is 0.276. The fourth-order valence-corrected chi connectivity index (χ4v) is 0.276. The highest BCUT2D eigenvalue weighted by atomic mass is 15.2. The van der Waals surface area contributed by atoms with Crippen LogP contribution in [0.15, 0.2) is 47.2 Å². The molecule has 0 saturated heterocycles. The maximum absolute atomic E-state index is 5.27. The molecule has 10 heavy (non-hydrogen) atoms. The molecular weight excluding hydrogens is 128 g/mol. The largest absolute Gasteiger partial charge is 0.383 e. The molecular formula is C6H10N4. The van der Waals surface area contributed by atoms with E-state index in [0.29, 0.717) is 0 Å². The van der Waals surface area contributed by atoms with Crippen molar-refractivity contribution in [2.24, 2.45) is 21.7 Å². The highest BCUT2D eigenvalue weighted by molar-refractivity contribution is 5.04. The molecule has 0 aromatic carbocycles. The van der Waals surface area contributed by atoms with Crippen molar-refractivity contribution < 1.29 is 0 Å². The molecule has 0 aliphatic rings. The van der Waals surface area contributed by atoms with E-state index in [1.165, 1.54) is 12.2 Å². The Morgan fingerprint density at radius 2 is 1.90 bits per heavy atom. The van der Waals surface area contributed by atoms with E-state index in [4.69, 9.17) is 11.5 Å². The van der Waals surface area contributed by atoms with Crippen LogP contribution >= 0.6 is 0 Å². The summed E-state index contributed by atoms with van der Waals surface area (Å²) in [4.78, 5) is 0. The molecule has 0 spiro atoms. The van der Waals surface area contributed by atoms with E-state index in [1.807, 2.05) is 0 Å². The topological polar surface area (TPSA) is 76.8 Å². The molecule has 54 valence electrons. The van der Waals surface area contributed by atoms with Gasteiger partial charge in [-0.25, -0.2) is 0 Å². The molecule has 0 bridgehead atoms. The summed E-state index contributed by atoms with van der Waals surface area (Å²) in [6.07, 6.45) is 3.01. The Balaban J connectivity index is 4.01. The van der Waals surface area contributed by atoms with Crippen molar-refractivity contribution in [1.82, 2.24) is 0 Å². The summed E-state index contributed by atoms with van der Waals surface area (Å²) >= 11 is 0. The number of nitrogens with two attached hydrogens (primary N) is 2. The molecule has 4 N–H and O–H groups in total. The van der Waals surface area contributed by atoms with Gasteiger partial charge in [-0.15, -0.1) is 10.2 Å². The zero-order valence-electron chi connectivity index (χ0n) is 5.62. The first-order valence-corrected chi connectivity index (χ1v) is 2.61. The fraction of sp³-hybridized carbons (Fsp3) is 0. The van der Waals surface area contributed by atoms with E-state index in [0.717, 1.165) is 0 Å². The molecule has 0 aromatic heterocycles. The average molecular weight is 138 g/mol. The Bertz CT molecular complexity index is 190. The van der Waals surface area contributed by atoms with Gasteiger partial charge in [0, 0.05) is 0 Å². The Morgan fingerprint density at radius 1 is 1.30 bits per heavy atom. The van der Waals surface area contributed by atoms with Gasteiger partial charge in [0.2, 0.25) is 0 Å². The molecule has 0 aliphatic carbocycles. The summed E-state index contributed by atoms with van der Waals surface area (Å²) in [6, 6.07) is 0. The summed E-state index contributed by atoms with van der Waals surface area (Å²) < 4.78 is 0. The Kier molecular flexibility index (Phi) is 3.63. The molecule has 0 fully saturated rings. The summed E-state index contributed by atoms with van der Waals surface area (Å²) in [7, 11) is 0. The molecule has 0 heterocycles. The lowest BCUT2D eigenvalue weighted by atomic mass is 10.5. The van der Waals surface area contributed by atoms with Crippen molar-refractivity contribution >= 4 is 0 Å². The predicted octanol–water partition coefficient (Wildman–Crippen LogP) is 0.855. The van der Waals surface area contributed by atoms with Gasteiger partial charge in [-0.05, 0) is 6.08 Å². The zero-order chi connectivity index (χ0) is 7.98. The van der Waals surface area contributed by atoms with Crippen LogP contribution in [-0.2, 0) is 0 Å². The van der Waals surface area contributed by atoms with E-state index in [-0.39, 0.29) is 11.6 Å². The van der Waals surface area contributed by atoms with Crippen molar-refractivity contribution in [2.45, 2.75) is 0 Å². The standard InChI is InChI=1S/C6H10N4/c1-3-4-6(8)10-9-5(2)7/h3-4H,1-2,7-8H2/b6-4-,10-9-. The van der Waals surface area contributed by atoms with E-state index in [2.05, 4.69) is 23.4 Å². The monoisotopic (exact) mass is 138 g/mol. The van der Waals surface area contributed by atoms with Crippen LogP contribution in [0.3, 0.4) is 0 Å². The number of allylic oxidation sites excluding steroid dienone is 2. The normalized spacial score (nSPS) is 11.8. The SMILES string of the molecule is C=C/C=C(N)\N=N/C(=C)N. The van der Waals surface area contributed by atoms with Gasteiger partial charge >= 0.3 is 0 Å². The molecule has 0 unspecified atom stereocenters. The first-order chi connectivity index (χ1) is 4.66. The van der Waals surface area contributed by atoms with Gasteiger partial charge in [-0.2, -0.15) is 0 Å². The highest BCUT2D eigenvalue weighted by Gasteiger charge is 1.79. The van der Waals surface area contributed by atoms with E-state index < -0.39 is 0 Å². The van der Waals surface area contributed by atoms with E-state index >= 15 is 0 Å². The maximum atomic E-state index is 5.27. The average Bonchev–Trinajstić information content (AvgIpc) is 1.85. The van der Waals surface area contributed by atoms with Gasteiger partial charge in [0.1, 0.15) is 11.6 Å². The van der Waals surface area contributed by atoms with Gasteiger partial charge in [0.15, 0.2) is 0 Å². The van der Waals surface area contributed by atoms with Crippen LogP contribution in [0.5, 0.6) is 0 Å². The van der Waals surface area contributed by atoms with E-state index in [9.17, 15) is 0 Å². The zero-order valence-corrected chi connectivity index (χ0v) is 5.62. The molecule has 0 rings (SSSR count). The van der Waals surface area contributed by atoms with Crippen molar-refractivity contribution in [1.29, 1.82) is 0 Å². The van der Waals surface area contributed by atoms with Crippen molar-refractivity contribution in [3.05, 3.63) is 37.0 Å². The van der Waals surface area contributed by atoms with Crippen molar-refractivity contribution in [2.75, 3.05) is 0 Å². The lowest BCUT2D eigenvalue weighted by molar-refractivity contribution is 1.03. The molecule has 0 aromatic rings. The number of nitrogens with zero attached hydrogens (tertiary/aromatic N) is 2. The lowest BCUT2D eigenvalue weighted by Gasteiger charge is -1.86. The van der Waals surface area contributed by atoms with Gasteiger partial charge in [0.05, 0.1) is 0 Å². The molecule has 0 amide bonds. The predicted molar refractivity (Wildman–Crippen MR) is 40.7 cm³/mol. The van der Waals surface area contributed by atoms with Crippen LogP contribution in [0.4, 0.5) is 0 Å². The molecule has 0 saturated carbocycles. The van der Waals surface area contributed by atoms with Crippen molar-refractivity contribution in [3.63, 3.8) is 0 Å². The summed E-state index contributed by atoms with van der Waals surface area (Å²) in [5, 5.41) is 6.89. The Morgan fingerprint density at radius 3 is 2.30 bits per heavy atom. The first-order valence-electron chi connectivity index (χ1n) is 2.61. The Hall–Kier alpha value is -1.58. The minimum Gasteiger partial charge on any atom is -0.383 e. The second-order valence-corrected chi connectivity index (χ2v) is 1.52. The summed E-state index contributed by atoms with van der Waals surface area (Å²) in [5.74, 6) is 0.377. The quantitative estimate of drug-likeness (QED) is 0.448. The summed E-state index contributed by atoms with van der Waals surface area (Å²) in [5.41, 5.74) is 10.3. The molecule has 0 atom stereocenters. The number of hydrogen-bond acceptors (Lipinski definition) is 4. The molecule has 0 aliphatic heterocycles. The van der Waals surface area contributed by atoms with Crippen molar-refractivity contribution in [3.8, 4) is 0 Å². The smallest absolute Gasteiger partial charge is 0.146 e. The van der Waals surface area contributed by atoms with Gasteiger partial charge in [-0.3, -0.25) is 0 Å². The first kappa shape index (κ1) is 8.42. The highest BCUT2D eigenvalue weighted by Crippen LogP contribution is 1.90. The second-order valence-electron chi connectivity index (χ2n) is 1.52. The molecule has 4 heteroatoms. The number of rotatable bonds is 3. The van der Waals surface area contributed by atoms with Gasteiger partial charge in [-0.1, -0.05) is 19.2 Å².